The Balaban J connectivity index is 1.60. The van der Waals surface area contributed by atoms with Gasteiger partial charge in [-0.05, 0) is 37.8 Å². The molecule has 0 amide bonds. The van der Waals surface area contributed by atoms with Gasteiger partial charge in [0.05, 0.1) is 0 Å². The Hall–Kier alpha value is -1.55. The molecule has 4 nitrogen and oxygen atoms in total. The van der Waals surface area contributed by atoms with E-state index in [4.69, 9.17) is 4.74 Å². The number of carboxylic acids is 1. The number of benzene rings is 1. The van der Waals surface area contributed by atoms with E-state index < -0.39 is 11.5 Å². The second-order valence-corrected chi connectivity index (χ2v) is 5.68. The van der Waals surface area contributed by atoms with Crippen LogP contribution in [0.4, 0.5) is 0 Å². The standard InChI is InChI=1S/C15H19NO3/c1-10-3-4-13-11(7-10)8-12(19-13)9-16-15(14(17)18)5-2-6-15/h3-4,7,12,16H,2,5-6,8-9H2,1H3,(H,17,18). The molecule has 102 valence electrons. The van der Waals surface area contributed by atoms with E-state index in [-0.39, 0.29) is 6.10 Å². The molecule has 1 heterocycles. The Kier molecular flexibility index (Phi) is 2.97. The fraction of sp³-hybridized carbons (Fsp3) is 0.533. The van der Waals surface area contributed by atoms with Gasteiger partial charge in [-0.25, -0.2) is 0 Å². The van der Waals surface area contributed by atoms with Crippen molar-refractivity contribution in [3.05, 3.63) is 29.3 Å². The highest BCUT2D eigenvalue weighted by Gasteiger charge is 2.44. The molecule has 1 aliphatic carbocycles. The number of hydrogen-bond acceptors (Lipinski definition) is 3. The first kappa shape index (κ1) is 12.5. The van der Waals surface area contributed by atoms with Gasteiger partial charge in [-0.3, -0.25) is 10.1 Å². The van der Waals surface area contributed by atoms with Gasteiger partial charge in [0.15, 0.2) is 0 Å². The van der Waals surface area contributed by atoms with Crippen molar-refractivity contribution < 1.29 is 14.6 Å². The number of hydrogen-bond donors (Lipinski definition) is 2. The molecule has 1 atom stereocenters. The van der Waals surface area contributed by atoms with Crippen LogP contribution in [0.1, 0.15) is 30.4 Å². The first-order chi connectivity index (χ1) is 9.09. The fourth-order valence-electron chi connectivity index (χ4n) is 2.87. The molecule has 3 rings (SSSR count). The molecule has 1 aliphatic heterocycles. The van der Waals surface area contributed by atoms with Crippen molar-refractivity contribution in [1.82, 2.24) is 5.32 Å². The van der Waals surface area contributed by atoms with Crippen LogP contribution < -0.4 is 10.1 Å². The molecule has 1 fully saturated rings. The van der Waals surface area contributed by atoms with Crippen molar-refractivity contribution in [1.29, 1.82) is 0 Å². The molecule has 1 aromatic rings. The van der Waals surface area contributed by atoms with E-state index in [0.29, 0.717) is 6.54 Å². The van der Waals surface area contributed by atoms with Gasteiger partial charge in [0.1, 0.15) is 17.4 Å². The average Bonchev–Trinajstić information content (AvgIpc) is 2.68. The van der Waals surface area contributed by atoms with E-state index in [1.54, 1.807) is 0 Å². The predicted molar refractivity (Wildman–Crippen MR) is 71.5 cm³/mol. The van der Waals surface area contributed by atoms with Crippen molar-refractivity contribution in [2.45, 2.75) is 44.2 Å². The Morgan fingerprint density at radius 1 is 1.53 bits per heavy atom. The summed E-state index contributed by atoms with van der Waals surface area (Å²) in [6, 6.07) is 6.19. The summed E-state index contributed by atoms with van der Waals surface area (Å²) in [4.78, 5) is 11.3. The summed E-state index contributed by atoms with van der Waals surface area (Å²) in [6.45, 7) is 2.67. The maximum Gasteiger partial charge on any atom is 0.323 e. The molecule has 2 aliphatic rings. The zero-order chi connectivity index (χ0) is 13.5. The van der Waals surface area contributed by atoms with Crippen LogP contribution in [0.15, 0.2) is 18.2 Å². The van der Waals surface area contributed by atoms with E-state index in [9.17, 15) is 9.90 Å². The Labute approximate surface area is 112 Å². The SMILES string of the molecule is Cc1ccc2c(c1)CC(CNC1(C(=O)O)CCC1)O2. The van der Waals surface area contributed by atoms with Crippen molar-refractivity contribution >= 4 is 5.97 Å². The molecular formula is C15H19NO3. The molecule has 0 spiro atoms. The summed E-state index contributed by atoms with van der Waals surface area (Å²) in [6.07, 6.45) is 3.35. The minimum atomic E-state index is -0.731. The van der Waals surface area contributed by atoms with E-state index in [0.717, 1.165) is 31.4 Å². The molecule has 1 aromatic carbocycles. The van der Waals surface area contributed by atoms with Gasteiger partial charge in [0, 0.05) is 13.0 Å². The van der Waals surface area contributed by atoms with Crippen LogP contribution in [0.25, 0.3) is 0 Å². The topological polar surface area (TPSA) is 58.6 Å². The summed E-state index contributed by atoms with van der Waals surface area (Å²) in [5.41, 5.74) is 1.76. The molecule has 0 bridgehead atoms. The second kappa shape index (κ2) is 4.53. The number of carboxylic acid groups (broad SMARTS) is 1. The van der Waals surface area contributed by atoms with E-state index in [1.807, 2.05) is 12.1 Å². The maximum atomic E-state index is 11.3. The van der Waals surface area contributed by atoms with Gasteiger partial charge < -0.3 is 9.84 Å². The number of ether oxygens (including phenoxy) is 1. The van der Waals surface area contributed by atoms with Crippen LogP contribution >= 0.6 is 0 Å². The Morgan fingerprint density at radius 2 is 2.32 bits per heavy atom. The molecular weight excluding hydrogens is 242 g/mol. The van der Waals surface area contributed by atoms with Crippen molar-refractivity contribution in [2.24, 2.45) is 0 Å². The van der Waals surface area contributed by atoms with Gasteiger partial charge in [0.25, 0.3) is 0 Å². The molecule has 2 N–H and O–H groups in total. The molecule has 19 heavy (non-hydrogen) atoms. The van der Waals surface area contributed by atoms with Gasteiger partial charge in [-0.2, -0.15) is 0 Å². The minimum Gasteiger partial charge on any atom is -0.488 e. The lowest BCUT2D eigenvalue weighted by atomic mass is 9.76. The van der Waals surface area contributed by atoms with Gasteiger partial charge in [0.2, 0.25) is 0 Å². The zero-order valence-electron chi connectivity index (χ0n) is 11.1. The van der Waals surface area contributed by atoms with Crippen LogP contribution in [0.5, 0.6) is 5.75 Å². The van der Waals surface area contributed by atoms with Crippen LogP contribution in [-0.4, -0.2) is 29.3 Å². The minimum absolute atomic E-state index is 0.0497. The molecule has 4 heteroatoms. The molecule has 1 saturated carbocycles. The van der Waals surface area contributed by atoms with Crippen LogP contribution in [-0.2, 0) is 11.2 Å². The van der Waals surface area contributed by atoms with E-state index in [2.05, 4.69) is 18.3 Å². The lowest BCUT2D eigenvalue weighted by Gasteiger charge is -2.39. The number of fused-ring (bicyclic) bond motifs is 1. The quantitative estimate of drug-likeness (QED) is 0.869. The van der Waals surface area contributed by atoms with E-state index in [1.165, 1.54) is 11.1 Å². The number of aliphatic carboxylic acids is 1. The third-order valence-electron chi connectivity index (χ3n) is 4.24. The fourth-order valence-corrected chi connectivity index (χ4v) is 2.87. The Bertz CT molecular complexity index is 508. The van der Waals surface area contributed by atoms with Crippen LogP contribution in [0, 0.1) is 6.92 Å². The van der Waals surface area contributed by atoms with Gasteiger partial charge in [-0.1, -0.05) is 17.7 Å². The summed E-state index contributed by atoms with van der Waals surface area (Å²) >= 11 is 0. The third-order valence-corrected chi connectivity index (χ3v) is 4.24. The van der Waals surface area contributed by atoms with Crippen molar-refractivity contribution in [3.63, 3.8) is 0 Å². The van der Waals surface area contributed by atoms with Gasteiger partial charge >= 0.3 is 5.97 Å². The third kappa shape index (κ3) is 2.21. The summed E-state index contributed by atoms with van der Waals surface area (Å²) in [5.74, 6) is 0.209. The number of aryl methyl sites for hydroxylation is 1. The number of rotatable bonds is 4. The molecule has 1 unspecified atom stereocenters. The van der Waals surface area contributed by atoms with Gasteiger partial charge in [-0.15, -0.1) is 0 Å². The van der Waals surface area contributed by atoms with Crippen LogP contribution in [0.3, 0.4) is 0 Å². The van der Waals surface area contributed by atoms with Crippen molar-refractivity contribution in [3.8, 4) is 5.75 Å². The number of carbonyl (C=O) groups is 1. The highest BCUT2D eigenvalue weighted by atomic mass is 16.5. The normalized spacial score (nSPS) is 23.3. The largest absolute Gasteiger partial charge is 0.488 e. The monoisotopic (exact) mass is 261 g/mol. The first-order valence-electron chi connectivity index (χ1n) is 6.84. The maximum absolute atomic E-state index is 11.3. The predicted octanol–water partition coefficient (Wildman–Crippen LogP) is 1.90. The highest BCUT2D eigenvalue weighted by Crippen LogP contribution is 2.33. The summed E-state index contributed by atoms with van der Waals surface area (Å²) in [5, 5.41) is 12.5. The molecule has 0 saturated heterocycles. The highest BCUT2D eigenvalue weighted by molar-refractivity contribution is 5.80. The first-order valence-corrected chi connectivity index (χ1v) is 6.84. The van der Waals surface area contributed by atoms with E-state index >= 15 is 0 Å². The Morgan fingerprint density at radius 3 is 2.95 bits per heavy atom. The second-order valence-electron chi connectivity index (χ2n) is 5.68. The number of nitrogens with one attached hydrogen (secondary N) is 1. The molecule has 0 aromatic heterocycles. The van der Waals surface area contributed by atoms with Crippen molar-refractivity contribution in [2.75, 3.05) is 6.54 Å². The summed E-state index contributed by atoms with van der Waals surface area (Å²) in [7, 11) is 0. The lowest BCUT2D eigenvalue weighted by Crippen LogP contribution is -2.59. The lowest BCUT2D eigenvalue weighted by molar-refractivity contribution is -0.149. The van der Waals surface area contributed by atoms with Crippen LogP contribution in [0.2, 0.25) is 0 Å². The zero-order valence-corrected chi connectivity index (χ0v) is 11.1. The average molecular weight is 261 g/mol. The smallest absolute Gasteiger partial charge is 0.323 e. The molecule has 0 radical (unpaired) electrons. The summed E-state index contributed by atoms with van der Waals surface area (Å²) < 4.78 is 5.85.